The summed E-state index contributed by atoms with van der Waals surface area (Å²) in [6.45, 7) is 16.0. The van der Waals surface area contributed by atoms with Gasteiger partial charge in [-0.3, -0.25) is 0 Å². The number of phenolic OH excluding ortho intramolecular Hbond substituents is 2. The molecule has 0 saturated heterocycles. The van der Waals surface area contributed by atoms with E-state index < -0.39 is 0 Å². The lowest BCUT2D eigenvalue weighted by Crippen LogP contribution is -1.81. The van der Waals surface area contributed by atoms with Crippen LogP contribution >= 0.6 is 0 Å². The predicted octanol–water partition coefficient (Wildman–Crippen LogP) is 5.13. The normalized spacial score (nSPS) is 7.25. The van der Waals surface area contributed by atoms with Gasteiger partial charge in [0.15, 0.2) is 11.5 Å². The third-order valence-corrected chi connectivity index (χ3v) is 1.58. The van der Waals surface area contributed by atoms with Crippen LogP contribution in [0, 0.1) is 0 Å². The molecule has 0 spiro atoms. The molecule has 122 valence electrons. The molecule has 0 unspecified atom stereocenters. The van der Waals surface area contributed by atoms with E-state index >= 15 is 0 Å². The number of aliphatic hydroxyl groups excluding tert-OH is 1. The van der Waals surface area contributed by atoms with Gasteiger partial charge >= 0.3 is 0 Å². The number of phenols is 2. The van der Waals surface area contributed by atoms with Crippen molar-refractivity contribution in [3.8, 4) is 11.5 Å². The smallest absolute Gasteiger partial charge is 0.157 e. The first-order valence-electron chi connectivity index (χ1n) is 7.77. The second-order valence-electron chi connectivity index (χ2n) is 2.89. The molecule has 0 fully saturated rings. The van der Waals surface area contributed by atoms with Crippen LogP contribution in [0.3, 0.4) is 0 Å². The number of aliphatic hydroxyl groups is 1. The number of hydrogen-bond acceptors (Lipinski definition) is 3. The molecule has 0 aliphatic carbocycles. The zero-order valence-electron chi connectivity index (χ0n) is 14.7. The molecule has 0 aromatic heterocycles. The van der Waals surface area contributed by atoms with Crippen LogP contribution in [0.15, 0.2) is 18.2 Å². The first kappa shape index (κ1) is 27.2. The fourth-order valence-electron chi connectivity index (χ4n) is 1.01. The molecule has 0 aliphatic rings. The maximum atomic E-state index is 9.08. The third kappa shape index (κ3) is 19.1. The van der Waals surface area contributed by atoms with Gasteiger partial charge in [-0.05, 0) is 31.0 Å². The number of benzene rings is 1. The average Bonchev–Trinajstić information content (AvgIpc) is 2.50. The van der Waals surface area contributed by atoms with Crippen molar-refractivity contribution >= 4 is 0 Å². The Morgan fingerprint density at radius 3 is 1.50 bits per heavy atom. The summed E-state index contributed by atoms with van der Waals surface area (Å²) in [6.07, 6.45) is 1.98. The van der Waals surface area contributed by atoms with Crippen LogP contribution in [-0.2, 0) is 6.42 Å². The molecule has 3 N–H and O–H groups in total. The minimum atomic E-state index is -0.0511. The van der Waals surface area contributed by atoms with Crippen molar-refractivity contribution in [2.45, 2.75) is 68.2 Å². The Labute approximate surface area is 126 Å². The predicted molar refractivity (Wildman–Crippen MR) is 90.6 cm³/mol. The van der Waals surface area contributed by atoms with E-state index in [1.54, 1.807) is 13.0 Å². The van der Waals surface area contributed by atoms with Crippen molar-refractivity contribution < 1.29 is 15.3 Å². The summed E-state index contributed by atoms with van der Waals surface area (Å²) in [6, 6.07) is 4.93. The molecule has 0 saturated carbocycles. The summed E-state index contributed by atoms with van der Waals surface area (Å²) < 4.78 is 0. The van der Waals surface area contributed by atoms with Gasteiger partial charge in [0.05, 0.1) is 0 Å². The van der Waals surface area contributed by atoms with Crippen molar-refractivity contribution in [1.29, 1.82) is 0 Å². The molecule has 1 aromatic carbocycles. The van der Waals surface area contributed by atoms with E-state index in [1.165, 1.54) is 6.07 Å². The van der Waals surface area contributed by atoms with Crippen LogP contribution in [0.5, 0.6) is 11.5 Å². The number of aromatic hydroxyl groups is 2. The summed E-state index contributed by atoms with van der Waals surface area (Å²) in [5.41, 5.74) is 1.06. The van der Waals surface area contributed by atoms with Crippen molar-refractivity contribution in [1.82, 2.24) is 0 Å². The van der Waals surface area contributed by atoms with Crippen molar-refractivity contribution in [2.75, 3.05) is 6.61 Å². The highest BCUT2D eigenvalue weighted by atomic mass is 16.3. The summed E-state index contributed by atoms with van der Waals surface area (Å²) in [4.78, 5) is 0. The van der Waals surface area contributed by atoms with Crippen LogP contribution in [0.25, 0.3) is 0 Å². The fourth-order valence-corrected chi connectivity index (χ4v) is 1.01. The van der Waals surface area contributed by atoms with Crippen molar-refractivity contribution in [3.63, 3.8) is 0 Å². The van der Waals surface area contributed by atoms with E-state index in [4.69, 9.17) is 15.3 Å². The third-order valence-electron chi connectivity index (χ3n) is 1.58. The topological polar surface area (TPSA) is 60.7 Å². The first-order chi connectivity index (χ1) is 9.65. The molecule has 1 rings (SSSR count). The van der Waals surface area contributed by atoms with Gasteiger partial charge in [-0.2, -0.15) is 0 Å². The molecule has 0 radical (unpaired) electrons. The highest BCUT2D eigenvalue weighted by Crippen LogP contribution is 2.25. The van der Waals surface area contributed by atoms with E-state index in [-0.39, 0.29) is 18.1 Å². The van der Waals surface area contributed by atoms with Gasteiger partial charge in [0.1, 0.15) is 0 Å². The molecule has 0 amide bonds. The number of aryl methyl sites for hydroxylation is 1. The SMILES string of the molecule is CC.CC.CC.CCCc1ccc(O)c(O)c1.CCO. The lowest BCUT2D eigenvalue weighted by atomic mass is 10.1. The molecule has 3 heteroatoms. The second-order valence-corrected chi connectivity index (χ2v) is 2.89. The quantitative estimate of drug-likeness (QED) is 0.661. The van der Waals surface area contributed by atoms with Gasteiger partial charge in [-0.25, -0.2) is 0 Å². The van der Waals surface area contributed by atoms with Crippen LogP contribution in [-0.4, -0.2) is 21.9 Å². The minimum Gasteiger partial charge on any atom is -0.504 e. The van der Waals surface area contributed by atoms with Gasteiger partial charge in [0.25, 0.3) is 0 Å². The fraction of sp³-hybridized carbons (Fsp3) is 0.647. The molecule has 3 nitrogen and oxygen atoms in total. The van der Waals surface area contributed by atoms with E-state index in [2.05, 4.69) is 6.92 Å². The van der Waals surface area contributed by atoms with Gasteiger partial charge in [-0.1, -0.05) is 61.0 Å². The summed E-state index contributed by atoms with van der Waals surface area (Å²) in [5.74, 6) is -0.0826. The molecular formula is C17H36O3. The van der Waals surface area contributed by atoms with Gasteiger partial charge in [-0.15, -0.1) is 0 Å². The van der Waals surface area contributed by atoms with Crippen molar-refractivity contribution in [3.05, 3.63) is 23.8 Å². The Morgan fingerprint density at radius 1 is 0.800 bits per heavy atom. The monoisotopic (exact) mass is 288 g/mol. The second kappa shape index (κ2) is 26.4. The Balaban J connectivity index is -0.000000121. The number of hydrogen-bond donors (Lipinski definition) is 3. The lowest BCUT2D eigenvalue weighted by Gasteiger charge is -2.00. The maximum absolute atomic E-state index is 9.08. The Morgan fingerprint density at radius 2 is 1.20 bits per heavy atom. The molecule has 0 atom stereocenters. The molecule has 0 heterocycles. The number of rotatable bonds is 2. The summed E-state index contributed by atoms with van der Waals surface area (Å²) in [5, 5.41) is 25.6. The van der Waals surface area contributed by atoms with Crippen molar-refractivity contribution in [2.24, 2.45) is 0 Å². The zero-order chi connectivity index (χ0) is 17.0. The molecular weight excluding hydrogens is 252 g/mol. The largest absolute Gasteiger partial charge is 0.504 e. The van der Waals surface area contributed by atoms with Crippen LogP contribution in [0.4, 0.5) is 0 Å². The minimum absolute atomic E-state index is 0.0315. The zero-order valence-corrected chi connectivity index (χ0v) is 14.7. The Bertz CT molecular complexity index is 260. The Hall–Kier alpha value is -1.22. The van der Waals surface area contributed by atoms with Gasteiger partial charge < -0.3 is 15.3 Å². The molecule has 0 aliphatic heterocycles. The van der Waals surface area contributed by atoms with E-state index in [0.717, 1.165) is 18.4 Å². The van der Waals surface area contributed by atoms with Gasteiger partial charge in [0, 0.05) is 6.61 Å². The van der Waals surface area contributed by atoms with E-state index in [1.807, 2.05) is 47.6 Å². The summed E-state index contributed by atoms with van der Waals surface area (Å²) in [7, 11) is 0. The molecule has 20 heavy (non-hydrogen) atoms. The van der Waals surface area contributed by atoms with Crippen LogP contribution < -0.4 is 0 Å². The standard InChI is InChI=1S/C9H12O2.C2H6O.3C2H6/c1-2-3-7-4-5-8(10)9(11)6-7;1-2-3;3*1-2/h4-6,10-11H,2-3H2,1H3;3H,2H2,1H3;3*1-2H3. The maximum Gasteiger partial charge on any atom is 0.157 e. The highest BCUT2D eigenvalue weighted by Gasteiger charge is 1.98. The Kier molecular flexibility index (Phi) is 35.8. The lowest BCUT2D eigenvalue weighted by molar-refractivity contribution is 0.318. The van der Waals surface area contributed by atoms with Gasteiger partial charge in [0.2, 0.25) is 0 Å². The highest BCUT2D eigenvalue weighted by molar-refractivity contribution is 5.40. The summed E-state index contributed by atoms with van der Waals surface area (Å²) >= 11 is 0. The van der Waals surface area contributed by atoms with E-state index in [0.29, 0.717) is 0 Å². The average molecular weight is 288 g/mol. The molecule has 1 aromatic rings. The van der Waals surface area contributed by atoms with Crippen LogP contribution in [0.1, 0.15) is 67.4 Å². The molecule has 0 bridgehead atoms. The first-order valence-corrected chi connectivity index (χ1v) is 7.77. The van der Waals surface area contributed by atoms with E-state index in [9.17, 15) is 0 Å². The van der Waals surface area contributed by atoms with Crippen LogP contribution in [0.2, 0.25) is 0 Å².